The predicted molar refractivity (Wildman–Crippen MR) is 95.5 cm³/mol. The molecule has 1 saturated heterocycles. The number of hydrogen-bond acceptors (Lipinski definition) is 4. The minimum Gasteiger partial charge on any atom is -0.396 e. The molecule has 0 unspecified atom stereocenters. The number of rotatable bonds is 3. The maximum Gasteiger partial charge on any atom is 0.159 e. The highest BCUT2D eigenvalue weighted by atomic mass is 35.5. The first-order valence-corrected chi connectivity index (χ1v) is 8.43. The van der Waals surface area contributed by atoms with Crippen molar-refractivity contribution in [2.45, 2.75) is 5.92 Å². The van der Waals surface area contributed by atoms with E-state index in [-0.39, 0.29) is 18.4 Å². The van der Waals surface area contributed by atoms with Crippen molar-refractivity contribution in [2.75, 3.05) is 24.6 Å². The Balaban J connectivity index is 1.69. The molecular weight excluding hydrogens is 324 g/mol. The van der Waals surface area contributed by atoms with Crippen molar-refractivity contribution in [2.24, 2.45) is 13.0 Å². The van der Waals surface area contributed by atoms with Crippen LogP contribution in [-0.4, -0.2) is 39.6 Å². The second-order valence-corrected chi connectivity index (χ2v) is 6.78. The molecule has 2 atom stereocenters. The molecule has 0 radical (unpaired) electrons. The van der Waals surface area contributed by atoms with Crippen molar-refractivity contribution in [1.29, 1.82) is 0 Å². The number of aromatic nitrogens is 3. The zero-order valence-corrected chi connectivity index (χ0v) is 14.2. The SMILES string of the molecule is Cn1ncc2c(N3C[C@@H](CO)[C@H](c4ccc(Cl)cc4)C3)ccnc21. The second kappa shape index (κ2) is 6.07. The molecule has 1 N–H and O–H groups in total. The normalized spacial score (nSPS) is 20.9. The summed E-state index contributed by atoms with van der Waals surface area (Å²) < 4.78 is 1.79. The quantitative estimate of drug-likeness (QED) is 0.795. The lowest BCUT2D eigenvalue weighted by atomic mass is 9.90. The van der Waals surface area contributed by atoms with Gasteiger partial charge in [-0.05, 0) is 23.8 Å². The number of aliphatic hydroxyl groups excluding tert-OH is 1. The highest BCUT2D eigenvalue weighted by Gasteiger charge is 2.34. The van der Waals surface area contributed by atoms with Crippen LogP contribution in [0.1, 0.15) is 11.5 Å². The summed E-state index contributed by atoms with van der Waals surface area (Å²) in [6.45, 7) is 1.85. The molecule has 0 saturated carbocycles. The first-order valence-electron chi connectivity index (χ1n) is 8.05. The number of anilines is 1. The maximum absolute atomic E-state index is 9.85. The molecule has 1 aromatic carbocycles. The summed E-state index contributed by atoms with van der Waals surface area (Å²) in [5.74, 6) is 0.484. The number of hydrogen-bond donors (Lipinski definition) is 1. The fourth-order valence-corrected chi connectivity index (χ4v) is 3.78. The van der Waals surface area contributed by atoms with Gasteiger partial charge in [0, 0.05) is 49.8 Å². The van der Waals surface area contributed by atoms with E-state index < -0.39 is 0 Å². The van der Waals surface area contributed by atoms with Crippen LogP contribution in [0.4, 0.5) is 5.69 Å². The fourth-order valence-electron chi connectivity index (χ4n) is 3.65. The van der Waals surface area contributed by atoms with Crippen molar-refractivity contribution in [3.8, 4) is 0 Å². The van der Waals surface area contributed by atoms with E-state index in [1.54, 1.807) is 4.68 Å². The van der Waals surface area contributed by atoms with Gasteiger partial charge < -0.3 is 10.0 Å². The largest absolute Gasteiger partial charge is 0.396 e. The summed E-state index contributed by atoms with van der Waals surface area (Å²) in [7, 11) is 1.90. The zero-order chi connectivity index (χ0) is 16.7. The van der Waals surface area contributed by atoms with E-state index in [1.807, 2.05) is 37.6 Å². The zero-order valence-electron chi connectivity index (χ0n) is 13.4. The van der Waals surface area contributed by atoms with Gasteiger partial charge in [-0.3, -0.25) is 4.68 Å². The van der Waals surface area contributed by atoms with Gasteiger partial charge in [-0.15, -0.1) is 0 Å². The molecule has 3 heterocycles. The van der Waals surface area contributed by atoms with Crippen molar-refractivity contribution in [3.05, 3.63) is 53.3 Å². The highest BCUT2D eigenvalue weighted by molar-refractivity contribution is 6.30. The lowest BCUT2D eigenvalue weighted by molar-refractivity contribution is 0.227. The van der Waals surface area contributed by atoms with Crippen LogP contribution in [0.15, 0.2) is 42.7 Å². The van der Waals surface area contributed by atoms with Crippen LogP contribution in [0.25, 0.3) is 11.0 Å². The monoisotopic (exact) mass is 342 g/mol. The Morgan fingerprint density at radius 2 is 2.00 bits per heavy atom. The van der Waals surface area contributed by atoms with E-state index in [0.717, 1.165) is 34.8 Å². The number of aryl methyl sites for hydroxylation is 1. The minimum atomic E-state index is 0.172. The molecule has 2 aromatic heterocycles. The third-order valence-electron chi connectivity index (χ3n) is 4.93. The van der Waals surface area contributed by atoms with Gasteiger partial charge in [-0.2, -0.15) is 5.10 Å². The maximum atomic E-state index is 9.85. The first-order chi connectivity index (χ1) is 11.7. The molecule has 24 heavy (non-hydrogen) atoms. The van der Waals surface area contributed by atoms with E-state index in [1.165, 1.54) is 5.56 Å². The molecule has 1 fully saturated rings. The summed E-state index contributed by atoms with van der Waals surface area (Å²) >= 11 is 6.00. The first kappa shape index (κ1) is 15.4. The molecule has 0 aliphatic carbocycles. The van der Waals surface area contributed by atoms with Crippen LogP contribution >= 0.6 is 11.6 Å². The van der Waals surface area contributed by atoms with E-state index in [4.69, 9.17) is 11.6 Å². The van der Waals surface area contributed by atoms with E-state index >= 15 is 0 Å². The number of halogens is 1. The van der Waals surface area contributed by atoms with Crippen molar-refractivity contribution >= 4 is 28.3 Å². The molecule has 0 bridgehead atoms. The molecule has 0 amide bonds. The molecule has 0 spiro atoms. The van der Waals surface area contributed by atoms with Gasteiger partial charge in [-0.1, -0.05) is 23.7 Å². The van der Waals surface area contributed by atoms with Gasteiger partial charge in [0.15, 0.2) is 5.65 Å². The summed E-state index contributed by atoms with van der Waals surface area (Å²) in [5.41, 5.74) is 3.23. The van der Waals surface area contributed by atoms with Gasteiger partial charge in [0.05, 0.1) is 17.3 Å². The predicted octanol–water partition coefficient (Wildman–Crippen LogP) is 2.83. The van der Waals surface area contributed by atoms with E-state index in [0.29, 0.717) is 0 Å². The molecule has 124 valence electrons. The van der Waals surface area contributed by atoms with E-state index in [2.05, 4.69) is 27.1 Å². The fraction of sp³-hybridized carbons (Fsp3) is 0.333. The smallest absolute Gasteiger partial charge is 0.159 e. The number of pyridine rings is 1. The van der Waals surface area contributed by atoms with Crippen LogP contribution in [0.5, 0.6) is 0 Å². The Morgan fingerprint density at radius 1 is 1.21 bits per heavy atom. The highest BCUT2D eigenvalue weighted by Crippen LogP contribution is 2.37. The van der Waals surface area contributed by atoms with Gasteiger partial charge in [0.1, 0.15) is 0 Å². The molecule has 5 nitrogen and oxygen atoms in total. The number of aliphatic hydroxyl groups is 1. The Labute approximate surface area is 145 Å². The van der Waals surface area contributed by atoms with E-state index in [9.17, 15) is 5.11 Å². The average Bonchev–Trinajstić information content (AvgIpc) is 3.20. The van der Waals surface area contributed by atoms with Gasteiger partial charge in [0.25, 0.3) is 0 Å². The Hall–Kier alpha value is -2.11. The Bertz CT molecular complexity index is 861. The summed E-state index contributed by atoms with van der Waals surface area (Å²) in [6, 6.07) is 9.99. The lowest BCUT2D eigenvalue weighted by Crippen LogP contribution is -2.20. The lowest BCUT2D eigenvalue weighted by Gasteiger charge is -2.19. The molecule has 3 aromatic rings. The summed E-state index contributed by atoms with van der Waals surface area (Å²) in [4.78, 5) is 6.73. The third kappa shape index (κ3) is 2.54. The summed E-state index contributed by atoms with van der Waals surface area (Å²) in [6.07, 6.45) is 3.68. The number of fused-ring (bicyclic) bond motifs is 1. The van der Waals surface area contributed by atoms with Crippen molar-refractivity contribution in [3.63, 3.8) is 0 Å². The summed E-state index contributed by atoms with van der Waals surface area (Å²) in [5, 5.41) is 16.0. The Morgan fingerprint density at radius 3 is 2.75 bits per heavy atom. The number of benzene rings is 1. The molecular formula is C18H19ClN4O. The minimum absolute atomic E-state index is 0.172. The number of nitrogens with zero attached hydrogens (tertiary/aromatic N) is 4. The molecule has 6 heteroatoms. The Kier molecular flexibility index (Phi) is 3.90. The topological polar surface area (TPSA) is 54.2 Å². The van der Waals surface area contributed by atoms with Gasteiger partial charge in [0.2, 0.25) is 0 Å². The third-order valence-corrected chi connectivity index (χ3v) is 5.18. The van der Waals surface area contributed by atoms with Gasteiger partial charge in [-0.25, -0.2) is 4.98 Å². The van der Waals surface area contributed by atoms with Crippen molar-refractivity contribution < 1.29 is 5.11 Å². The van der Waals surface area contributed by atoms with Crippen LogP contribution in [-0.2, 0) is 7.05 Å². The molecule has 4 rings (SSSR count). The van der Waals surface area contributed by atoms with Gasteiger partial charge >= 0.3 is 0 Å². The molecule has 1 aliphatic heterocycles. The van der Waals surface area contributed by atoms with Crippen LogP contribution in [0, 0.1) is 5.92 Å². The van der Waals surface area contributed by atoms with Crippen LogP contribution in [0.2, 0.25) is 5.02 Å². The van der Waals surface area contributed by atoms with Crippen LogP contribution in [0.3, 0.4) is 0 Å². The van der Waals surface area contributed by atoms with Crippen LogP contribution < -0.4 is 4.90 Å². The second-order valence-electron chi connectivity index (χ2n) is 6.34. The standard InChI is InChI=1S/C18H19ClN4O/c1-22-18-15(8-21-22)17(6-7-20-18)23-9-13(11-24)16(10-23)12-2-4-14(19)5-3-12/h2-8,13,16,24H,9-11H2,1H3/t13-,16-/m0/s1. The van der Waals surface area contributed by atoms with Crippen molar-refractivity contribution in [1.82, 2.24) is 14.8 Å². The average molecular weight is 343 g/mol. The molecule has 1 aliphatic rings.